The second-order valence-electron chi connectivity index (χ2n) is 12.6. The van der Waals surface area contributed by atoms with Crippen molar-refractivity contribution in [2.45, 2.75) is 64.6 Å². The summed E-state index contributed by atoms with van der Waals surface area (Å²) in [5.74, 6) is -0.949. The molecular formula is C39H43N5O5. The van der Waals surface area contributed by atoms with Crippen LogP contribution in [0, 0.1) is 6.92 Å². The van der Waals surface area contributed by atoms with Gasteiger partial charge >= 0.3 is 0 Å². The molecule has 4 amide bonds. The molecule has 10 heteroatoms. The van der Waals surface area contributed by atoms with E-state index < -0.39 is 6.04 Å². The zero-order valence-corrected chi connectivity index (χ0v) is 28.2. The van der Waals surface area contributed by atoms with Crippen LogP contribution in [0.1, 0.15) is 82.5 Å². The minimum Gasteiger partial charge on any atom is -0.385 e. The van der Waals surface area contributed by atoms with E-state index in [1.54, 1.807) is 31.3 Å². The van der Waals surface area contributed by atoms with Crippen LogP contribution in [0.5, 0.6) is 0 Å². The van der Waals surface area contributed by atoms with Crippen LogP contribution in [0.3, 0.4) is 0 Å². The van der Waals surface area contributed by atoms with Crippen LogP contribution < -0.4 is 21.3 Å². The number of nitrogens with zero attached hydrogens (tertiary/aromatic N) is 1. The molecule has 4 aromatic carbocycles. The molecule has 1 aliphatic heterocycles. The van der Waals surface area contributed by atoms with Crippen molar-refractivity contribution in [3.05, 3.63) is 107 Å². The van der Waals surface area contributed by atoms with Crippen LogP contribution in [-0.2, 0) is 20.9 Å². The predicted molar refractivity (Wildman–Crippen MR) is 191 cm³/mol. The molecule has 1 fully saturated rings. The number of unbranched alkanes of at least 4 members (excludes halogenated alkanes) is 1. The Kier molecular flexibility index (Phi) is 11.5. The number of anilines is 2. The van der Waals surface area contributed by atoms with Crippen LogP contribution >= 0.6 is 0 Å². The lowest BCUT2D eigenvalue weighted by Crippen LogP contribution is -2.51. The number of piperidine rings is 1. The minimum atomic E-state index is -0.457. The summed E-state index contributed by atoms with van der Waals surface area (Å²) in [5.41, 5.74) is 5.00. The van der Waals surface area contributed by atoms with Gasteiger partial charge in [0.25, 0.3) is 5.91 Å². The molecule has 1 heterocycles. The highest BCUT2D eigenvalue weighted by Crippen LogP contribution is 2.26. The number of fused-ring (bicyclic) bond motifs is 1. The molecule has 1 saturated heterocycles. The van der Waals surface area contributed by atoms with Gasteiger partial charge < -0.3 is 16.0 Å². The molecule has 0 aliphatic carbocycles. The summed E-state index contributed by atoms with van der Waals surface area (Å²) in [6.45, 7) is 4.77. The van der Waals surface area contributed by atoms with Crippen molar-refractivity contribution in [3.63, 3.8) is 0 Å². The molecule has 5 rings (SSSR count). The molecule has 4 aromatic rings. The van der Waals surface area contributed by atoms with Crippen LogP contribution in [0.2, 0.25) is 0 Å². The number of rotatable bonds is 14. The number of aldehydes is 1. The van der Waals surface area contributed by atoms with E-state index in [1.807, 2.05) is 55.1 Å². The first-order valence-corrected chi connectivity index (χ1v) is 16.7. The molecule has 4 N–H and O–H groups in total. The van der Waals surface area contributed by atoms with Crippen molar-refractivity contribution < 1.29 is 24.0 Å². The molecule has 2 unspecified atom stereocenters. The lowest BCUT2D eigenvalue weighted by Gasteiger charge is -2.30. The summed E-state index contributed by atoms with van der Waals surface area (Å²) in [7, 11) is 1.81. The predicted octanol–water partition coefficient (Wildman–Crippen LogP) is 5.91. The third-order valence-corrected chi connectivity index (χ3v) is 9.04. The number of aryl methyl sites for hydroxylation is 1. The van der Waals surface area contributed by atoms with E-state index in [-0.39, 0.29) is 36.1 Å². The number of nitrogens with one attached hydrogen (secondary N) is 4. The fourth-order valence-electron chi connectivity index (χ4n) is 6.30. The topological polar surface area (TPSA) is 137 Å². The number of likely N-dealkylation sites (N-methyl/N-ethyl adjacent to an activating group) is 1. The Morgan fingerprint density at radius 1 is 1.00 bits per heavy atom. The van der Waals surface area contributed by atoms with Gasteiger partial charge in [-0.15, -0.1) is 0 Å². The van der Waals surface area contributed by atoms with Crippen LogP contribution in [0.25, 0.3) is 10.8 Å². The fourth-order valence-corrected chi connectivity index (χ4v) is 6.30. The summed E-state index contributed by atoms with van der Waals surface area (Å²) in [6.07, 6.45) is 3.14. The minimum absolute atomic E-state index is 0.145. The number of benzene rings is 4. The number of hydrogen-bond donors (Lipinski definition) is 4. The van der Waals surface area contributed by atoms with Crippen molar-refractivity contribution in [1.29, 1.82) is 0 Å². The van der Waals surface area contributed by atoms with Crippen molar-refractivity contribution >= 4 is 52.1 Å². The number of carbonyl (C=O) groups is 5. The van der Waals surface area contributed by atoms with Crippen molar-refractivity contribution in [2.24, 2.45) is 0 Å². The summed E-state index contributed by atoms with van der Waals surface area (Å²) in [4.78, 5) is 63.8. The molecule has 254 valence electrons. The first kappa shape index (κ1) is 35.0. The maximum Gasteiger partial charge on any atom is 0.252 e. The average molecular weight is 662 g/mol. The van der Waals surface area contributed by atoms with Gasteiger partial charge in [-0.05, 0) is 85.8 Å². The quantitative estimate of drug-likeness (QED) is 0.0750. The highest BCUT2D eigenvalue weighted by atomic mass is 16.2. The van der Waals surface area contributed by atoms with Gasteiger partial charge in [0.15, 0.2) is 0 Å². The lowest BCUT2D eigenvalue weighted by atomic mass is 9.99. The van der Waals surface area contributed by atoms with E-state index in [2.05, 4.69) is 39.5 Å². The van der Waals surface area contributed by atoms with Crippen molar-refractivity contribution in [2.75, 3.05) is 24.2 Å². The molecule has 10 nitrogen and oxygen atoms in total. The third-order valence-electron chi connectivity index (χ3n) is 9.04. The zero-order valence-electron chi connectivity index (χ0n) is 28.2. The van der Waals surface area contributed by atoms with E-state index in [4.69, 9.17) is 0 Å². The van der Waals surface area contributed by atoms with Crippen molar-refractivity contribution in [3.8, 4) is 0 Å². The van der Waals surface area contributed by atoms with Gasteiger partial charge in [0.05, 0.1) is 12.1 Å². The standard InChI is InChI=1S/C39H43N5O5/c1-25-17-18-29(22-32(25)38(48)41-26(2)30-14-8-11-27-10-4-5-13-31(27)30)42-36(46)16-6-7-21-40-34-15-9-12-28(24-45)33(34)23-44(3)35-19-20-37(47)43-39(35)49/h4-5,8-15,17-18,22,24,26,35,40H,6-7,16,19-21,23H2,1-3H3,(H,41,48)(H,42,46)(H,43,47,49). The summed E-state index contributed by atoms with van der Waals surface area (Å²) < 4.78 is 0. The van der Waals surface area contributed by atoms with Crippen LogP contribution in [-0.4, -0.2) is 54.4 Å². The molecule has 1 aliphatic rings. The highest BCUT2D eigenvalue weighted by Gasteiger charge is 2.30. The van der Waals surface area contributed by atoms with E-state index in [9.17, 15) is 24.0 Å². The molecule has 0 saturated carbocycles. The smallest absolute Gasteiger partial charge is 0.252 e. The first-order chi connectivity index (χ1) is 23.6. The van der Waals surface area contributed by atoms with Crippen molar-refractivity contribution in [1.82, 2.24) is 15.5 Å². The molecule has 0 radical (unpaired) electrons. The average Bonchev–Trinajstić information content (AvgIpc) is 3.09. The normalized spacial score (nSPS) is 15.1. The lowest BCUT2D eigenvalue weighted by molar-refractivity contribution is -0.137. The number of amides is 4. The summed E-state index contributed by atoms with van der Waals surface area (Å²) in [5, 5.41) is 14.0. The Morgan fingerprint density at radius 2 is 1.78 bits per heavy atom. The van der Waals surface area contributed by atoms with E-state index in [0.717, 1.165) is 39.4 Å². The molecule has 0 bridgehead atoms. The van der Waals surface area contributed by atoms with Crippen LogP contribution in [0.4, 0.5) is 11.4 Å². The Hall–Kier alpha value is -5.35. The van der Waals surface area contributed by atoms with Gasteiger partial charge in [-0.3, -0.25) is 34.2 Å². The zero-order chi connectivity index (χ0) is 34.9. The van der Waals surface area contributed by atoms with E-state index in [1.165, 1.54) is 0 Å². The molecular weight excluding hydrogens is 618 g/mol. The van der Waals surface area contributed by atoms with Gasteiger partial charge in [0.2, 0.25) is 17.7 Å². The Morgan fingerprint density at radius 3 is 2.57 bits per heavy atom. The second kappa shape index (κ2) is 16.2. The number of imide groups is 1. The Labute approximate surface area is 286 Å². The number of hydrogen-bond acceptors (Lipinski definition) is 7. The fraction of sp³-hybridized carbons (Fsp3) is 0.308. The number of carbonyl (C=O) groups excluding carboxylic acids is 5. The summed E-state index contributed by atoms with van der Waals surface area (Å²) in [6, 6.07) is 24.3. The second-order valence-corrected chi connectivity index (χ2v) is 12.6. The third kappa shape index (κ3) is 8.77. The van der Waals surface area contributed by atoms with Gasteiger partial charge in [-0.2, -0.15) is 0 Å². The van der Waals surface area contributed by atoms with Gasteiger partial charge in [-0.25, -0.2) is 0 Å². The Bertz CT molecular complexity index is 1870. The summed E-state index contributed by atoms with van der Waals surface area (Å²) >= 11 is 0. The SMILES string of the molecule is Cc1ccc(NC(=O)CCCCNc2cccc(C=O)c2CN(C)C2CCC(=O)NC2=O)cc1C(=O)NC(C)c1cccc2ccccc12. The molecule has 49 heavy (non-hydrogen) atoms. The largest absolute Gasteiger partial charge is 0.385 e. The van der Waals surface area contributed by atoms with E-state index in [0.29, 0.717) is 55.6 Å². The molecule has 0 spiro atoms. The molecule has 2 atom stereocenters. The first-order valence-electron chi connectivity index (χ1n) is 16.7. The van der Waals surface area contributed by atoms with Gasteiger partial charge in [0.1, 0.15) is 6.29 Å². The van der Waals surface area contributed by atoms with E-state index >= 15 is 0 Å². The maximum atomic E-state index is 13.3. The maximum absolute atomic E-state index is 13.3. The molecule has 0 aromatic heterocycles. The highest BCUT2D eigenvalue weighted by molar-refractivity contribution is 6.00. The monoisotopic (exact) mass is 661 g/mol. The Balaban J connectivity index is 1.12. The van der Waals surface area contributed by atoms with Gasteiger partial charge in [-0.1, -0.05) is 60.7 Å². The van der Waals surface area contributed by atoms with Gasteiger partial charge in [0, 0.05) is 48.4 Å². The van der Waals surface area contributed by atoms with Crippen LogP contribution in [0.15, 0.2) is 78.9 Å².